The first-order valence-corrected chi connectivity index (χ1v) is 6.04. The molecule has 1 aromatic carbocycles. The van der Waals surface area contributed by atoms with Gasteiger partial charge in [-0.15, -0.1) is 0 Å². The van der Waals surface area contributed by atoms with Crippen LogP contribution in [-0.4, -0.2) is 25.7 Å². The Bertz CT molecular complexity index is 573. The molecule has 0 atom stereocenters. The Hall–Kier alpha value is -1.75. The van der Waals surface area contributed by atoms with Crippen molar-refractivity contribution >= 4 is 16.6 Å². The molecule has 0 amide bonds. The van der Waals surface area contributed by atoms with E-state index in [1.165, 1.54) is 6.07 Å². The number of rotatable bonds is 5. The Morgan fingerprint density at radius 1 is 1.37 bits per heavy atom. The normalized spacial score (nSPS) is 11.2. The van der Waals surface area contributed by atoms with Crippen molar-refractivity contribution in [1.29, 1.82) is 0 Å². The second-order valence-corrected chi connectivity index (χ2v) is 4.20. The summed E-state index contributed by atoms with van der Waals surface area (Å²) < 4.78 is 30.8. The number of pyridine rings is 1. The second-order valence-electron chi connectivity index (χ2n) is 4.20. The first kappa shape index (κ1) is 13.7. The van der Waals surface area contributed by atoms with Crippen LogP contribution in [0.1, 0.15) is 17.7 Å². The monoisotopic (exact) mass is 266 g/mol. The highest BCUT2D eigenvalue weighted by molar-refractivity contribution is 5.93. The summed E-state index contributed by atoms with van der Waals surface area (Å²) in [6, 6.07) is 7.06. The lowest BCUT2D eigenvalue weighted by atomic mass is 10.1. The number of fused-ring (bicyclic) bond motifs is 1. The zero-order valence-corrected chi connectivity index (χ0v) is 10.9. The molecule has 0 aliphatic carbocycles. The highest BCUT2D eigenvalue weighted by Crippen LogP contribution is 2.29. The molecule has 102 valence electrons. The molecule has 0 aliphatic heterocycles. The molecule has 0 aliphatic rings. The standard InChI is InChI=1S/C14H16F2N2O/c1-17-11-8-12(14(15)16)18-13-9(6-7-19-2)4-3-5-10(11)13/h3-5,8,14H,6-7H2,1-2H3,(H,17,18). The zero-order valence-electron chi connectivity index (χ0n) is 10.9. The van der Waals surface area contributed by atoms with Crippen molar-refractivity contribution in [2.75, 3.05) is 26.1 Å². The lowest BCUT2D eigenvalue weighted by Crippen LogP contribution is -2.01. The number of benzene rings is 1. The summed E-state index contributed by atoms with van der Waals surface area (Å²) in [5.74, 6) is 0. The van der Waals surface area contributed by atoms with Gasteiger partial charge in [0.1, 0.15) is 5.69 Å². The number of aromatic nitrogens is 1. The number of nitrogens with zero attached hydrogens (tertiary/aromatic N) is 1. The molecule has 0 bridgehead atoms. The molecule has 0 spiro atoms. The van der Waals surface area contributed by atoms with Crippen molar-refractivity contribution in [3.8, 4) is 0 Å². The first-order valence-electron chi connectivity index (χ1n) is 6.04. The quantitative estimate of drug-likeness (QED) is 0.900. The summed E-state index contributed by atoms with van der Waals surface area (Å²) in [4.78, 5) is 4.09. The summed E-state index contributed by atoms with van der Waals surface area (Å²) in [5, 5.41) is 3.79. The van der Waals surface area contributed by atoms with Gasteiger partial charge in [0.25, 0.3) is 6.43 Å². The fraction of sp³-hybridized carbons (Fsp3) is 0.357. The number of anilines is 1. The second kappa shape index (κ2) is 5.93. The van der Waals surface area contributed by atoms with E-state index in [9.17, 15) is 8.78 Å². The van der Waals surface area contributed by atoms with Crippen LogP contribution in [0.15, 0.2) is 24.3 Å². The molecular formula is C14H16F2N2O. The van der Waals surface area contributed by atoms with Crippen molar-refractivity contribution in [1.82, 2.24) is 4.98 Å². The molecule has 1 aromatic heterocycles. The molecule has 1 heterocycles. The fourth-order valence-electron chi connectivity index (χ4n) is 2.06. The number of alkyl halides is 2. The molecule has 2 aromatic rings. The number of ether oxygens (including phenoxy) is 1. The molecule has 0 fully saturated rings. The third-order valence-electron chi connectivity index (χ3n) is 3.01. The molecule has 0 saturated heterocycles. The van der Waals surface area contributed by atoms with Crippen LogP contribution in [0, 0.1) is 0 Å². The molecular weight excluding hydrogens is 250 g/mol. The van der Waals surface area contributed by atoms with E-state index in [1.807, 2.05) is 18.2 Å². The van der Waals surface area contributed by atoms with Crippen LogP contribution in [-0.2, 0) is 11.2 Å². The summed E-state index contributed by atoms with van der Waals surface area (Å²) in [5.41, 5.74) is 1.99. The number of hydrogen-bond donors (Lipinski definition) is 1. The summed E-state index contributed by atoms with van der Waals surface area (Å²) >= 11 is 0. The third kappa shape index (κ3) is 2.81. The SMILES string of the molecule is CNc1cc(C(F)F)nc2c(CCOC)cccc12. The number of nitrogens with one attached hydrogen (secondary N) is 1. The minimum Gasteiger partial charge on any atom is -0.388 e. The van der Waals surface area contributed by atoms with E-state index >= 15 is 0 Å². The maximum Gasteiger partial charge on any atom is 0.280 e. The Labute approximate surface area is 110 Å². The van der Waals surface area contributed by atoms with Gasteiger partial charge >= 0.3 is 0 Å². The Kier molecular flexibility index (Phi) is 4.27. The van der Waals surface area contributed by atoms with Crippen LogP contribution in [0.3, 0.4) is 0 Å². The maximum atomic E-state index is 12.9. The molecule has 2 rings (SSSR count). The third-order valence-corrected chi connectivity index (χ3v) is 3.01. The fourth-order valence-corrected chi connectivity index (χ4v) is 2.06. The van der Waals surface area contributed by atoms with Crippen molar-refractivity contribution in [3.05, 3.63) is 35.5 Å². The van der Waals surface area contributed by atoms with Crippen molar-refractivity contribution in [3.63, 3.8) is 0 Å². The predicted octanol–water partition coefficient (Wildman–Crippen LogP) is 3.40. The van der Waals surface area contributed by atoms with Gasteiger partial charge in [-0.05, 0) is 18.1 Å². The number of hydrogen-bond acceptors (Lipinski definition) is 3. The largest absolute Gasteiger partial charge is 0.388 e. The van der Waals surface area contributed by atoms with Crippen molar-refractivity contribution in [2.24, 2.45) is 0 Å². The van der Waals surface area contributed by atoms with Gasteiger partial charge in [-0.1, -0.05) is 18.2 Å². The topological polar surface area (TPSA) is 34.2 Å². The number of halogens is 2. The van der Waals surface area contributed by atoms with Gasteiger partial charge in [-0.3, -0.25) is 0 Å². The number of methoxy groups -OCH3 is 1. The van der Waals surface area contributed by atoms with E-state index in [-0.39, 0.29) is 5.69 Å². The van der Waals surface area contributed by atoms with Gasteiger partial charge in [0, 0.05) is 25.2 Å². The molecule has 19 heavy (non-hydrogen) atoms. The van der Waals surface area contributed by atoms with Crippen molar-refractivity contribution < 1.29 is 13.5 Å². The van der Waals surface area contributed by atoms with E-state index in [0.29, 0.717) is 24.2 Å². The lowest BCUT2D eigenvalue weighted by molar-refractivity contribution is 0.146. The van der Waals surface area contributed by atoms with E-state index in [4.69, 9.17) is 4.74 Å². The Morgan fingerprint density at radius 3 is 2.79 bits per heavy atom. The molecule has 0 unspecified atom stereocenters. The minimum atomic E-state index is -2.58. The molecule has 1 N–H and O–H groups in total. The van der Waals surface area contributed by atoms with E-state index < -0.39 is 6.43 Å². The van der Waals surface area contributed by atoms with Gasteiger partial charge in [0.2, 0.25) is 0 Å². The average molecular weight is 266 g/mol. The summed E-state index contributed by atoms with van der Waals surface area (Å²) in [6.45, 7) is 0.536. The van der Waals surface area contributed by atoms with Gasteiger partial charge in [0.05, 0.1) is 12.1 Å². The summed E-state index contributed by atoms with van der Waals surface area (Å²) in [6.07, 6.45) is -1.93. The highest BCUT2D eigenvalue weighted by atomic mass is 19.3. The summed E-state index contributed by atoms with van der Waals surface area (Å²) in [7, 11) is 3.33. The van der Waals surface area contributed by atoms with Crippen LogP contribution in [0.5, 0.6) is 0 Å². The van der Waals surface area contributed by atoms with E-state index in [2.05, 4.69) is 10.3 Å². The van der Waals surface area contributed by atoms with Gasteiger partial charge in [0.15, 0.2) is 0 Å². The van der Waals surface area contributed by atoms with Crippen LogP contribution < -0.4 is 5.32 Å². The predicted molar refractivity (Wildman–Crippen MR) is 71.8 cm³/mol. The van der Waals surface area contributed by atoms with Crippen LogP contribution >= 0.6 is 0 Å². The van der Waals surface area contributed by atoms with Crippen LogP contribution in [0.4, 0.5) is 14.5 Å². The van der Waals surface area contributed by atoms with Crippen molar-refractivity contribution in [2.45, 2.75) is 12.8 Å². The molecule has 5 heteroatoms. The van der Waals surface area contributed by atoms with Crippen LogP contribution in [0.2, 0.25) is 0 Å². The van der Waals surface area contributed by atoms with Gasteiger partial charge in [-0.2, -0.15) is 0 Å². The van der Waals surface area contributed by atoms with E-state index in [0.717, 1.165) is 10.9 Å². The molecule has 0 saturated carbocycles. The average Bonchev–Trinajstić information content (AvgIpc) is 2.43. The Balaban J connectivity index is 2.61. The maximum absolute atomic E-state index is 12.9. The smallest absolute Gasteiger partial charge is 0.280 e. The minimum absolute atomic E-state index is 0.207. The van der Waals surface area contributed by atoms with Gasteiger partial charge < -0.3 is 10.1 Å². The van der Waals surface area contributed by atoms with Crippen LogP contribution in [0.25, 0.3) is 10.9 Å². The zero-order chi connectivity index (χ0) is 13.8. The molecule has 3 nitrogen and oxygen atoms in total. The van der Waals surface area contributed by atoms with Gasteiger partial charge in [-0.25, -0.2) is 13.8 Å². The molecule has 0 radical (unpaired) electrons. The Morgan fingerprint density at radius 2 is 2.16 bits per heavy atom. The van der Waals surface area contributed by atoms with E-state index in [1.54, 1.807) is 14.2 Å². The highest BCUT2D eigenvalue weighted by Gasteiger charge is 2.14. The number of para-hydroxylation sites is 1. The lowest BCUT2D eigenvalue weighted by Gasteiger charge is -2.12. The first-order chi connectivity index (χ1) is 9.17.